The highest BCUT2D eigenvalue weighted by atomic mass is 35.5. The Morgan fingerprint density at radius 1 is 1.29 bits per heavy atom. The molecule has 2 heterocycles. The van der Waals surface area contributed by atoms with Crippen LogP contribution in [0.15, 0.2) is 36.9 Å². The van der Waals surface area contributed by atoms with Crippen LogP contribution in [-0.4, -0.2) is 19.1 Å². The van der Waals surface area contributed by atoms with Gasteiger partial charge < -0.3 is 9.13 Å². The van der Waals surface area contributed by atoms with Crippen molar-refractivity contribution in [3.05, 3.63) is 47.8 Å². The maximum absolute atomic E-state index is 6.38. The van der Waals surface area contributed by atoms with E-state index in [1.165, 1.54) is 0 Å². The van der Waals surface area contributed by atoms with Gasteiger partial charge in [-0.3, -0.25) is 0 Å². The van der Waals surface area contributed by atoms with Gasteiger partial charge in [0.2, 0.25) is 0 Å². The standard InChI is InChI=1S/C15H16Cl2N4/c1-10(8-20-7-6-18-9-20)21-14-12(17)4-3-5-13(14)19-15(21)11(2)16/h3-7,9-11H,8H2,1-2H3. The van der Waals surface area contributed by atoms with Crippen molar-refractivity contribution in [3.8, 4) is 0 Å². The summed E-state index contributed by atoms with van der Waals surface area (Å²) in [6.45, 7) is 4.84. The van der Waals surface area contributed by atoms with Gasteiger partial charge in [0, 0.05) is 18.9 Å². The molecule has 21 heavy (non-hydrogen) atoms. The van der Waals surface area contributed by atoms with E-state index in [1.807, 2.05) is 35.9 Å². The number of imidazole rings is 2. The fourth-order valence-corrected chi connectivity index (χ4v) is 3.05. The number of alkyl halides is 1. The monoisotopic (exact) mass is 322 g/mol. The SMILES string of the molecule is CC(Cl)c1nc2cccc(Cl)c2n1C(C)Cn1ccnc1. The Kier molecular flexibility index (Phi) is 3.91. The molecule has 0 aliphatic carbocycles. The van der Waals surface area contributed by atoms with Gasteiger partial charge in [-0.15, -0.1) is 11.6 Å². The number of hydrogen-bond acceptors (Lipinski definition) is 2. The van der Waals surface area contributed by atoms with Crippen molar-refractivity contribution < 1.29 is 0 Å². The normalized spacial score (nSPS) is 14.5. The minimum Gasteiger partial charge on any atom is -0.335 e. The number of rotatable bonds is 4. The van der Waals surface area contributed by atoms with Crippen LogP contribution in [0.25, 0.3) is 11.0 Å². The van der Waals surface area contributed by atoms with Crippen molar-refractivity contribution in [2.24, 2.45) is 0 Å². The predicted octanol–water partition coefficient (Wildman–Crippen LogP) is 4.45. The highest BCUT2D eigenvalue weighted by Gasteiger charge is 2.20. The Bertz CT molecular complexity index is 746. The number of para-hydroxylation sites is 1. The molecule has 0 saturated heterocycles. The molecule has 1 aromatic carbocycles. The minimum absolute atomic E-state index is 0.167. The quantitative estimate of drug-likeness (QED) is 0.665. The van der Waals surface area contributed by atoms with E-state index in [1.54, 1.807) is 12.5 Å². The van der Waals surface area contributed by atoms with Crippen LogP contribution in [0.4, 0.5) is 0 Å². The van der Waals surface area contributed by atoms with Gasteiger partial charge in [-0.25, -0.2) is 9.97 Å². The zero-order chi connectivity index (χ0) is 15.0. The molecular formula is C15H16Cl2N4. The largest absolute Gasteiger partial charge is 0.335 e. The molecule has 2 atom stereocenters. The molecule has 0 spiro atoms. The smallest absolute Gasteiger partial charge is 0.128 e. The summed E-state index contributed by atoms with van der Waals surface area (Å²) < 4.78 is 4.17. The van der Waals surface area contributed by atoms with Gasteiger partial charge in [-0.2, -0.15) is 0 Å². The fraction of sp³-hybridized carbons (Fsp3) is 0.333. The third-order valence-corrected chi connectivity index (χ3v) is 4.02. The van der Waals surface area contributed by atoms with Crippen LogP contribution in [0.2, 0.25) is 5.02 Å². The molecule has 0 fully saturated rings. The minimum atomic E-state index is -0.182. The molecule has 0 N–H and O–H groups in total. The Hall–Kier alpha value is -1.52. The van der Waals surface area contributed by atoms with Gasteiger partial charge in [0.05, 0.1) is 33.8 Å². The van der Waals surface area contributed by atoms with E-state index < -0.39 is 0 Å². The van der Waals surface area contributed by atoms with Crippen molar-refractivity contribution >= 4 is 34.2 Å². The van der Waals surface area contributed by atoms with Crippen LogP contribution in [0.1, 0.15) is 31.1 Å². The summed E-state index contributed by atoms with van der Waals surface area (Å²) in [5.74, 6) is 0.840. The van der Waals surface area contributed by atoms with Crippen molar-refractivity contribution in [1.82, 2.24) is 19.1 Å². The highest BCUT2D eigenvalue weighted by Crippen LogP contribution is 2.32. The van der Waals surface area contributed by atoms with Crippen molar-refractivity contribution in [2.45, 2.75) is 31.8 Å². The second-order valence-corrected chi connectivity index (χ2v) is 6.23. The molecular weight excluding hydrogens is 307 g/mol. The lowest BCUT2D eigenvalue weighted by molar-refractivity contribution is 0.460. The lowest BCUT2D eigenvalue weighted by Gasteiger charge is -2.19. The zero-order valence-corrected chi connectivity index (χ0v) is 13.4. The summed E-state index contributed by atoms with van der Waals surface area (Å²) in [5.41, 5.74) is 1.82. The van der Waals surface area contributed by atoms with Crippen LogP contribution in [-0.2, 0) is 6.54 Å². The molecule has 3 aromatic rings. The lowest BCUT2D eigenvalue weighted by atomic mass is 10.2. The van der Waals surface area contributed by atoms with Crippen LogP contribution in [0.3, 0.4) is 0 Å². The lowest BCUT2D eigenvalue weighted by Crippen LogP contribution is -2.15. The molecule has 0 amide bonds. The van der Waals surface area contributed by atoms with Crippen LogP contribution < -0.4 is 0 Å². The summed E-state index contributed by atoms with van der Waals surface area (Å²) >= 11 is 12.7. The molecule has 110 valence electrons. The van der Waals surface area contributed by atoms with Gasteiger partial charge in [-0.05, 0) is 26.0 Å². The number of nitrogens with zero attached hydrogens (tertiary/aromatic N) is 4. The van der Waals surface area contributed by atoms with E-state index in [0.29, 0.717) is 5.02 Å². The highest BCUT2D eigenvalue weighted by molar-refractivity contribution is 6.35. The Morgan fingerprint density at radius 3 is 2.76 bits per heavy atom. The first kappa shape index (κ1) is 14.4. The molecule has 2 unspecified atom stereocenters. The van der Waals surface area contributed by atoms with Gasteiger partial charge >= 0.3 is 0 Å². The van der Waals surface area contributed by atoms with E-state index >= 15 is 0 Å². The van der Waals surface area contributed by atoms with Crippen LogP contribution >= 0.6 is 23.2 Å². The van der Waals surface area contributed by atoms with Crippen molar-refractivity contribution in [3.63, 3.8) is 0 Å². The van der Waals surface area contributed by atoms with Crippen molar-refractivity contribution in [1.29, 1.82) is 0 Å². The third-order valence-electron chi connectivity index (χ3n) is 3.52. The zero-order valence-electron chi connectivity index (χ0n) is 11.9. The van der Waals surface area contributed by atoms with E-state index in [9.17, 15) is 0 Å². The molecule has 0 radical (unpaired) electrons. The Morgan fingerprint density at radius 2 is 2.10 bits per heavy atom. The second kappa shape index (κ2) is 5.70. The Balaban J connectivity index is 2.12. The molecule has 0 saturated carbocycles. The first-order valence-electron chi connectivity index (χ1n) is 6.84. The summed E-state index contributed by atoms with van der Waals surface area (Å²) in [6, 6.07) is 5.92. The molecule has 0 aliphatic rings. The molecule has 4 nitrogen and oxygen atoms in total. The molecule has 6 heteroatoms. The molecule has 2 aromatic heterocycles. The summed E-state index contributed by atoms with van der Waals surface area (Å²) in [5, 5.41) is 0.514. The van der Waals surface area contributed by atoms with E-state index in [0.717, 1.165) is 23.4 Å². The van der Waals surface area contributed by atoms with E-state index in [2.05, 4.69) is 21.5 Å². The molecule has 3 rings (SSSR count). The first-order chi connectivity index (χ1) is 10.1. The summed E-state index contributed by atoms with van der Waals surface area (Å²) in [4.78, 5) is 8.72. The van der Waals surface area contributed by atoms with E-state index in [4.69, 9.17) is 23.2 Å². The number of aromatic nitrogens is 4. The maximum atomic E-state index is 6.38. The first-order valence-corrected chi connectivity index (χ1v) is 7.65. The van der Waals surface area contributed by atoms with Gasteiger partial charge in [0.1, 0.15) is 5.82 Å². The maximum Gasteiger partial charge on any atom is 0.128 e. The second-order valence-electron chi connectivity index (χ2n) is 5.17. The molecule has 0 aliphatic heterocycles. The number of hydrogen-bond donors (Lipinski definition) is 0. The Labute approximate surface area is 133 Å². The summed E-state index contributed by atoms with van der Waals surface area (Å²) in [7, 11) is 0. The van der Waals surface area contributed by atoms with Gasteiger partial charge in [-0.1, -0.05) is 17.7 Å². The van der Waals surface area contributed by atoms with Gasteiger partial charge in [0.25, 0.3) is 0 Å². The van der Waals surface area contributed by atoms with Crippen LogP contribution in [0.5, 0.6) is 0 Å². The predicted molar refractivity (Wildman–Crippen MR) is 85.9 cm³/mol. The van der Waals surface area contributed by atoms with E-state index in [-0.39, 0.29) is 11.4 Å². The van der Waals surface area contributed by atoms with Crippen LogP contribution in [0, 0.1) is 0 Å². The van der Waals surface area contributed by atoms with Crippen molar-refractivity contribution in [2.75, 3.05) is 0 Å². The summed E-state index contributed by atoms with van der Waals surface area (Å²) in [6.07, 6.45) is 5.53. The number of fused-ring (bicyclic) bond motifs is 1. The number of halogens is 2. The van der Waals surface area contributed by atoms with Gasteiger partial charge in [0.15, 0.2) is 0 Å². The molecule has 0 bridgehead atoms. The average molecular weight is 323 g/mol. The average Bonchev–Trinajstić information content (AvgIpc) is 3.05. The topological polar surface area (TPSA) is 35.6 Å². The third kappa shape index (κ3) is 2.65. The fourth-order valence-electron chi connectivity index (χ4n) is 2.63. The number of benzene rings is 1.